The monoisotopic (exact) mass is 327 g/mol. The number of ketones is 1. The van der Waals surface area contributed by atoms with Crippen LogP contribution < -0.4 is 0 Å². The second-order valence-electron chi connectivity index (χ2n) is 8.32. The Kier molecular flexibility index (Phi) is 6.10. The Morgan fingerprint density at radius 1 is 1.12 bits per heavy atom. The molecule has 3 rings (SSSR count). The molecule has 2 bridgehead atoms. The summed E-state index contributed by atoms with van der Waals surface area (Å²) in [7, 11) is 0. The number of rotatable bonds is 7. The third kappa shape index (κ3) is 4.47. The summed E-state index contributed by atoms with van der Waals surface area (Å²) in [5.41, 5.74) is 1.41. The van der Waals surface area contributed by atoms with Crippen molar-refractivity contribution in [3.8, 4) is 0 Å². The molecule has 0 spiro atoms. The molecule has 2 heterocycles. The summed E-state index contributed by atoms with van der Waals surface area (Å²) in [4.78, 5) is 15.4. The van der Waals surface area contributed by atoms with Crippen LogP contribution in [0.5, 0.6) is 0 Å². The predicted molar refractivity (Wildman–Crippen MR) is 99.8 cm³/mol. The number of fused-ring (bicyclic) bond motifs is 2. The summed E-state index contributed by atoms with van der Waals surface area (Å²) in [5, 5.41) is 0. The summed E-state index contributed by atoms with van der Waals surface area (Å²) < 4.78 is 0. The third-order valence-electron chi connectivity index (χ3n) is 5.99. The molecule has 1 aromatic carbocycles. The minimum Gasteiger partial charge on any atom is -0.299 e. The molecule has 24 heavy (non-hydrogen) atoms. The third-order valence-corrected chi connectivity index (χ3v) is 5.99. The van der Waals surface area contributed by atoms with E-state index in [9.17, 15) is 4.79 Å². The van der Waals surface area contributed by atoms with Gasteiger partial charge in [0.2, 0.25) is 0 Å². The molecule has 2 unspecified atom stereocenters. The molecule has 2 atom stereocenters. The zero-order valence-electron chi connectivity index (χ0n) is 15.4. The van der Waals surface area contributed by atoms with Crippen molar-refractivity contribution in [1.82, 2.24) is 4.90 Å². The first kappa shape index (κ1) is 17.7. The topological polar surface area (TPSA) is 20.3 Å². The van der Waals surface area contributed by atoms with Crippen LogP contribution in [0.25, 0.3) is 0 Å². The lowest BCUT2D eigenvalue weighted by Crippen LogP contribution is -2.52. The van der Waals surface area contributed by atoms with Crippen molar-refractivity contribution in [2.75, 3.05) is 0 Å². The van der Waals surface area contributed by atoms with Crippen molar-refractivity contribution >= 4 is 5.78 Å². The van der Waals surface area contributed by atoms with Gasteiger partial charge in [0.1, 0.15) is 5.78 Å². The van der Waals surface area contributed by atoms with Gasteiger partial charge in [-0.05, 0) is 43.6 Å². The van der Waals surface area contributed by atoms with Crippen molar-refractivity contribution in [2.45, 2.75) is 83.8 Å². The largest absolute Gasteiger partial charge is 0.299 e. The van der Waals surface area contributed by atoms with E-state index in [1.54, 1.807) is 0 Å². The van der Waals surface area contributed by atoms with E-state index in [4.69, 9.17) is 0 Å². The highest BCUT2D eigenvalue weighted by Crippen LogP contribution is 2.38. The maximum atomic E-state index is 12.7. The molecule has 0 saturated carbocycles. The molecule has 2 heteroatoms. The van der Waals surface area contributed by atoms with Gasteiger partial charge in [0.15, 0.2) is 0 Å². The van der Waals surface area contributed by atoms with Gasteiger partial charge in [0.05, 0.1) is 0 Å². The van der Waals surface area contributed by atoms with E-state index in [1.165, 1.54) is 31.2 Å². The predicted octanol–water partition coefficient (Wildman–Crippen LogP) is 5.22. The first-order chi connectivity index (χ1) is 11.6. The van der Waals surface area contributed by atoms with Crippen LogP contribution >= 0.6 is 0 Å². The fourth-order valence-corrected chi connectivity index (χ4v) is 4.68. The number of benzene rings is 1. The molecule has 0 amide bonds. The number of carbonyl (C=O) groups is 1. The minimum absolute atomic E-state index is 0.333. The number of nitrogens with zero attached hydrogens (tertiary/aromatic N) is 1. The van der Waals surface area contributed by atoms with Gasteiger partial charge in [0.25, 0.3) is 0 Å². The highest BCUT2D eigenvalue weighted by molar-refractivity contribution is 5.81. The summed E-state index contributed by atoms with van der Waals surface area (Å²) in [5.74, 6) is 1.59. The minimum atomic E-state index is 0.333. The fraction of sp³-hybridized carbons (Fsp3) is 0.682. The molecule has 0 aliphatic carbocycles. The Hall–Kier alpha value is -1.15. The SMILES string of the molecule is CC(C)CCCC(=O)C1CC2CCCC(C1)N2Cc1ccccc1. The Morgan fingerprint density at radius 3 is 2.42 bits per heavy atom. The Balaban J connectivity index is 1.58. The molecule has 2 aliphatic heterocycles. The van der Waals surface area contributed by atoms with Crippen LogP contribution in [-0.4, -0.2) is 22.8 Å². The maximum Gasteiger partial charge on any atom is 0.136 e. The molecule has 1 aromatic rings. The van der Waals surface area contributed by atoms with Gasteiger partial charge in [-0.25, -0.2) is 0 Å². The van der Waals surface area contributed by atoms with E-state index in [0.29, 0.717) is 29.7 Å². The van der Waals surface area contributed by atoms with Gasteiger partial charge >= 0.3 is 0 Å². The number of hydrogen-bond donors (Lipinski definition) is 0. The second kappa shape index (κ2) is 8.29. The van der Waals surface area contributed by atoms with Crippen LogP contribution in [0.3, 0.4) is 0 Å². The second-order valence-corrected chi connectivity index (χ2v) is 8.32. The average Bonchev–Trinajstić information content (AvgIpc) is 2.55. The molecule has 2 aliphatic rings. The Labute approximate surface area is 147 Å². The highest BCUT2D eigenvalue weighted by Gasteiger charge is 2.40. The fourth-order valence-electron chi connectivity index (χ4n) is 4.68. The average molecular weight is 328 g/mol. The standard InChI is InChI=1S/C22H33NO/c1-17(2)8-6-13-22(24)19-14-20-11-7-12-21(15-19)23(20)16-18-9-4-3-5-10-18/h3-5,9-10,17,19-21H,6-8,11-16H2,1-2H3. The van der Waals surface area contributed by atoms with Gasteiger partial charge in [-0.3, -0.25) is 9.69 Å². The van der Waals surface area contributed by atoms with Gasteiger partial charge in [-0.15, -0.1) is 0 Å². The van der Waals surface area contributed by atoms with Gasteiger partial charge in [0, 0.05) is 31.0 Å². The molecular weight excluding hydrogens is 294 g/mol. The first-order valence-corrected chi connectivity index (χ1v) is 9.96. The molecule has 2 nitrogen and oxygen atoms in total. The zero-order valence-corrected chi connectivity index (χ0v) is 15.4. The van der Waals surface area contributed by atoms with Gasteiger partial charge in [-0.1, -0.05) is 57.0 Å². The first-order valence-electron chi connectivity index (χ1n) is 9.96. The van der Waals surface area contributed by atoms with E-state index < -0.39 is 0 Å². The number of carbonyl (C=O) groups excluding carboxylic acids is 1. The Morgan fingerprint density at radius 2 is 1.79 bits per heavy atom. The molecule has 2 fully saturated rings. The lowest BCUT2D eigenvalue weighted by atomic mass is 9.75. The zero-order chi connectivity index (χ0) is 16.9. The molecular formula is C22H33NO. The molecule has 0 aromatic heterocycles. The molecule has 0 N–H and O–H groups in total. The highest BCUT2D eigenvalue weighted by atomic mass is 16.1. The van der Waals surface area contributed by atoms with Crippen LogP contribution in [-0.2, 0) is 11.3 Å². The summed E-state index contributed by atoms with van der Waals surface area (Å²) in [6.07, 6.45) is 9.17. The van der Waals surface area contributed by atoms with Crippen molar-refractivity contribution in [1.29, 1.82) is 0 Å². The van der Waals surface area contributed by atoms with Crippen LogP contribution in [0.4, 0.5) is 0 Å². The summed E-state index contributed by atoms with van der Waals surface area (Å²) >= 11 is 0. The van der Waals surface area contributed by atoms with Gasteiger partial charge < -0.3 is 0 Å². The van der Waals surface area contributed by atoms with Crippen molar-refractivity contribution < 1.29 is 4.79 Å². The lowest BCUT2D eigenvalue weighted by molar-refractivity contribution is -0.127. The van der Waals surface area contributed by atoms with Crippen LogP contribution in [0.1, 0.15) is 70.8 Å². The summed E-state index contributed by atoms with van der Waals surface area (Å²) in [6.45, 7) is 5.55. The number of hydrogen-bond acceptors (Lipinski definition) is 2. The van der Waals surface area contributed by atoms with E-state index in [2.05, 4.69) is 49.1 Å². The summed E-state index contributed by atoms with van der Waals surface area (Å²) in [6, 6.07) is 12.1. The quantitative estimate of drug-likeness (QED) is 0.684. The molecule has 0 radical (unpaired) electrons. The maximum absolute atomic E-state index is 12.7. The van der Waals surface area contributed by atoms with Crippen molar-refractivity contribution in [3.63, 3.8) is 0 Å². The van der Waals surface area contributed by atoms with E-state index in [0.717, 1.165) is 32.2 Å². The van der Waals surface area contributed by atoms with E-state index >= 15 is 0 Å². The number of Topliss-reactive ketones (excluding diaryl/α,β-unsaturated/α-hetero) is 1. The van der Waals surface area contributed by atoms with Crippen molar-refractivity contribution in [3.05, 3.63) is 35.9 Å². The number of piperidine rings is 2. The van der Waals surface area contributed by atoms with Gasteiger partial charge in [-0.2, -0.15) is 0 Å². The lowest BCUT2D eigenvalue weighted by Gasteiger charge is -2.48. The normalized spacial score (nSPS) is 27.4. The van der Waals surface area contributed by atoms with E-state index in [1.807, 2.05) is 0 Å². The molecule has 2 saturated heterocycles. The van der Waals surface area contributed by atoms with Crippen LogP contribution in [0.15, 0.2) is 30.3 Å². The smallest absolute Gasteiger partial charge is 0.136 e. The van der Waals surface area contributed by atoms with Crippen LogP contribution in [0, 0.1) is 11.8 Å². The molecule has 132 valence electrons. The Bertz CT molecular complexity index is 510. The van der Waals surface area contributed by atoms with E-state index in [-0.39, 0.29) is 0 Å². The van der Waals surface area contributed by atoms with Crippen LogP contribution in [0.2, 0.25) is 0 Å². The van der Waals surface area contributed by atoms with Crippen molar-refractivity contribution in [2.24, 2.45) is 11.8 Å².